The number of halogens is 1. The van der Waals surface area contributed by atoms with Gasteiger partial charge < -0.3 is 14.8 Å². The number of nitrogens with one attached hydrogen (secondary N) is 1. The molecule has 0 saturated carbocycles. The van der Waals surface area contributed by atoms with Gasteiger partial charge in [0.2, 0.25) is 0 Å². The van der Waals surface area contributed by atoms with Crippen LogP contribution in [0.15, 0.2) is 36.4 Å². The predicted octanol–water partition coefficient (Wildman–Crippen LogP) is 3.23. The number of ether oxygens (including phenoxy) is 2. The highest BCUT2D eigenvalue weighted by Crippen LogP contribution is 2.39. The van der Waals surface area contributed by atoms with Crippen LogP contribution >= 0.6 is 0 Å². The lowest BCUT2D eigenvalue weighted by molar-refractivity contribution is 0.356. The van der Waals surface area contributed by atoms with Gasteiger partial charge in [0, 0.05) is 12.1 Å². The minimum absolute atomic E-state index is 0.249. The van der Waals surface area contributed by atoms with E-state index in [2.05, 4.69) is 5.32 Å². The third-order valence-electron chi connectivity index (χ3n) is 3.13. The summed E-state index contributed by atoms with van der Waals surface area (Å²) in [6.45, 7) is 0.577. The Morgan fingerprint density at radius 2 is 1.85 bits per heavy atom. The lowest BCUT2D eigenvalue weighted by Gasteiger charge is -2.15. The van der Waals surface area contributed by atoms with E-state index in [9.17, 15) is 4.39 Å². The summed E-state index contributed by atoms with van der Waals surface area (Å²) in [5, 5.41) is 3.05. The molecule has 0 heterocycles. The van der Waals surface area contributed by atoms with E-state index in [0.29, 0.717) is 18.0 Å². The van der Waals surface area contributed by atoms with Crippen LogP contribution in [0.3, 0.4) is 0 Å². The Morgan fingerprint density at radius 3 is 2.50 bits per heavy atom. The molecule has 0 atom stereocenters. The van der Waals surface area contributed by atoms with Crippen molar-refractivity contribution in [2.45, 2.75) is 6.54 Å². The summed E-state index contributed by atoms with van der Waals surface area (Å²) in [6, 6.07) is 10.4. The molecule has 0 aliphatic carbocycles. The van der Waals surface area contributed by atoms with Crippen molar-refractivity contribution in [3.8, 4) is 22.6 Å². The van der Waals surface area contributed by atoms with Crippen LogP contribution in [0.2, 0.25) is 0 Å². The average Bonchev–Trinajstić information content (AvgIpc) is 2.47. The molecule has 3 nitrogen and oxygen atoms in total. The summed E-state index contributed by atoms with van der Waals surface area (Å²) >= 11 is 0. The molecule has 0 bridgehead atoms. The standard InChI is InChI=1S/C16H18FNO2/c1-18-10-11-9-12(17)7-8-13(11)14-5-4-6-15(19-2)16(14)20-3/h4-9,18H,10H2,1-3H3. The van der Waals surface area contributed by atoms with Crippen molar-refractivity contribution in [3.05, 3.63) is 47.8 Å². The van der Waals surface area contributed by atoms with Gasteiger partial charge in [-0.1, -0.05) is 18.2 Å². The largest absolute Gasteiger partial charge is 0.493 e. The quantitative estimate of drug-likeness (QED) is 0.908. The van der Waals surface area contributed by atoms with Gasteiger partial charge >= 0.3 is 0 Å². The zero-order valence-electron chi connectivity index (χ0n) is 11.9. The highest BCUT2D eigenvalue weighted by molar-refractivity contribution is 5.76. The molecule has 0 aliphatic heterocycles. The Bertz CT molecular complexity index is 599. The van der Waals surface area contributed by atoms with Crippen molar-refractivity contribution >= 4 is 0 Å². The molecule has 0 spiro atoms. The topological polar surface area (TPSA) is 30.5 Å². The zero-order chi connectivity index (χ0) is 14.5. The van der Waals surface area contributed by atoms with Gasteiger partial charge in [-0.3, -0.25) is 0 Å². The second-order valence-electron chi connectivity index (χ2n) is 4.37. The summed E-state index contributed by atoms with van der Waals surface area (Å²) < 4.78 is 24.2. The van der Waals surface area contributed by atoms with Crippen molar-refractivity contribution in [3.63, 3.8) is 0 Å². The van der Waals surface area contributed by atoms with E-state index >= 15 is 0 Å². The molecule has 0 aromatic heterocycles. The van der Waals surface area contributed by atoms with Gasteiger partial charge in [-0.25, -0.2) is 4.39 Å². The number of hydrogen-bond donors (Lipinski definition) is 1. The normalized spacial score (nSPS) is 10.4. The first-order valence-electron chi connectivity index (χ1n) is 6.35. The molecule has 0 radical (unpaired) electrons. The van der Waals surface area contributed by atoms with Gasteiger partial charge in [0.05, 0.1) is 14.2 Å². The van der Waals surface area contributed by atoms with Crippen molar-refractivity contribution in [1.29, 1.82) is 0 Å². The molecule has 4 heteroatoms. The minimum atomic E-state index is -0.249. The van der Waals surface area contributed by atoms with Crippen molar-refractivity contribution in [2.24, 2.45) is 0 Å². The summed E-state index contributed by atoms with van der Waals surface area (Å²) in [6.07, 6.45) is 0. The SMILES string of the molecule is CNCc1cc(F)ccc1-c1cccc(OC)c1OC. The third kappa shape index (κ3) is 2.75. The summed E-state index contributed by atoms with van der Waals surface area (Å²) in [5.41, 5.74) is 2.69. The van der Waals surface area contributed by atoms with Crippen LogP contribution in [0.25, 0.3) is 11.1 Å². The molecule has 20 heavy (non-hydrogen) atoms. The van der Waals surface area contributed by atoms with Gasteiger partial charge in [-0.2, -0.15) is 0 Å². The Hall–Kier alpha value is -2.07. The molecule has 0 aliphatic rings. The van der Waals surface area contributed by atoms with Crippen LogP contribution in [0.5, 0.6) is 11.5 Å². The lowest BCUT2D eigenvalue weighted by atomic mass is 9.98. The maximum absolute atomic E-state index is 13.4. The number of para-hydroxylation sites is 1. The van der Waals surface area contributed by atoms with Crippen molar-refractivity contribution in [1.82, 2.24) is 5.32 Å². The Morgan fingerprint density at radius 1 is 1.05 bits per heavy atom. The van der Waals surface area contributed by atoms with E-state index in [1.807, 2.05) is 25.2 Å². The van der Waals surface area contributed by atoms with Gasteiger partial charge in [-0.05, 0) is 36.4 Å². The summed E-state index contributed by atoms with van der Waals surface area (Å²) in [5.74, 6) is 1.06. The molecular formula is C16H18FNO2. The monoisotopic (exact) mass is 275 g/mol. The first-order valence-corrected chi connectivity index (χ1v) is 6.35. The van der Waals surface area contributed by atoms with E-state index in [4.69, 9.17) is 9.47 Å². The maximum atomic E-state index is 13.4. The number of rotatable bonds is 5. The molecule has 0 saturated heterocycles. The highest BCUT2D eigenvalue weighted by Gasteiger charge is 2.14. The fraction of sp³-hybridized carbons (Fsp3) is 0.250. The van der Waals surface area contributed by atoms with Crippen molar-refractivity contribution < 1.29 is 13.9 Å². The van der Waals surface area contributed by atoms with E-state index in [1.54, 1.807) is 20.3 Å². The summed E-state index contributed by atoms with van der Waals surface area (Å²) in [7, 11) is 5.03. The van der Waals surface area contributed by atoms with Gasteiger partial charge in [0.15, 0.2) is 11.5 Å². The van der Waals surface area contributed by atoms with Crippen LogP contribution in [-0.2, 0) is 6.54 Å². The Balaban J connectivity index is 2.61. The van der Waals surface area contributed by atoms with E-state index in [0.717, 1.165) is 16.7 Å². The van der Waals surface area contributed by atoms with Crippen LogP contribution < -0.4 is 14.8 Å². The van der Waals surface area contributed by atoms with E-state index < -0.39 is 0 Å². The molecule has 106 valence electrons. The fourth-order valence-corrected chi connectivity index (χ4v) is 2.26. The molecule has 2 aromatic rings. The second kappa shape index (κ2) is 6.39. The highest BCUT2D eigenvalue weighted by atomic mass is 19.1. The molecule has 2 rings (SSSR count). The Kier molecular flexibility index (Phi) is 4.58. The molecule has 0 fully saturated rings. The van der Waals surface area contributed by atoms with E-state index in [1.165, 1.54) is 12.1 Å². The predicted molar refractivity (Wildman–Crippen MR) is 77.7 cm³/mol. The van der Waals surface area contributed by atoms with Crippen LogP contribution in [0.1, 0.15) is 5.56 Å². The molecule has 1 N–H and O–H groups in total. The minimum Gasteiger partial charge on any atom is -0.493 e. The first-order chi connectivity index (χ1) is 9.71. The Labute approximate surface area is 118 Å². The summed E-state index contributed by atoms with van der Waals surface area (Å²) in [4.78, 5) is 0. The average molecular weight is 275 g/mol. The second-order valence-corrected chi connectivity index (χ2v) is 4.37. The zero-order valence-corrected chi connectivity index (χ0v) is 11.9. The van der Waals surface area contributed by atoms with Gasteiger partial charge in [0.1, 0.15) is 5.82 Å². The van der Waals surface area contributed by atoms with E-state index in [-0.39, 0.29) is 5.82 Å². The molecule has 0 amide bonds. The molecule has 0 unspecified atom stereocenters. The van der Waals surface area contributed by atoms with Gasteiger partial charge in [0.25, 0.3) is 0 Å². The first kappa shape index (κ1) is 14.3. The fourth-order valence-electron chi connectivity index (χ4n) is 2.26. The number of benzene rings is 2. The third-order valence-corrected chi connectivity index (χ3v) is 3.13. The maximum Gasteiger partial charge on any atom is 0.168 e. The molecule has 2 aromatic carbocycles. The smallest absolute Gasteiger partial charge is 0.168 e. The van der Waals surface area contributed by atoms with Crippen LogP contribution in [-0.4, -0.2) is 21.3 Å². The van der Waals surface area contributed by atoms with Crippen LogP contribution in [0, 0.1) is 5.82 Å². The lowest BCUT2D eigenvalue weighted by Crippen LogP contribution is -2.07. The van der Waals surface area contributed by atoms with Crippen LogP contribution in [0.4, 0.5) is 4.39 Å². The van der Waals surface area contributed by atoms with Gasteiger partial charge in [-0.15, -0.1) is 0 Å². The molecular weight excluding hydrogens is 257 g/mol. The van der Waals surface area contributed by atoms with Crippen molar-refractivity contribution in [2.75, 3.05) is 21.3 Å². The number of methoxy groups -OCH3 is 2. The number of hydrogen-bond acceptors (Lipinski definition) is 3.